The maximum Gasteiger partial charge on any atom is 0.410 e. The van der Waals surface area contributed by atoms with Crippen molar-refractivity contribution in [2.75, 3.05) is 45.8 Å². The van der Waals surface area contributed by atoms with E-state index in [9.17, 15) is 4.79 Å². The van der Waals surface area contributed by atoms with Crippen LogP contribution in [0.5, 0.6) is 0 Å². The van der Waals surface area contributed by atoms with Gasteiger partial charge in [0.25, 0.3) is 0 Å². The van der Waals surface area contributed by atoms with Crippen LogP contribution in [0.15, 0.2) is 0 Å². The number of rotatable bonds is 8. The van der Waals surface area contributed by atoms with E-state index in [1.165, 1.54) is 58.0 Å². The quantitative estimate of drug-likeness (QED) is 0.668. The zero-order chi connectivity index (χ0) is 18.1. The van der Waals surface area contributed by atoms with Gasteiger partial charge in [0.2, 0.25) is 0 Å². The highest BCUT2D eigenvalue weighted by atomic mass is 16.6. The summed E-state index contributed by atoms with van der Waals surface area (Å²) in [6.07, 6.45) is 9.41. The van der Waals surface area contributed by atoms with Crippen molar-refractivity contribution in [3.05, 3.63) is 0 Å². The van der Waals surface area contributed by atoms with Crippen molar-refractivity contribution in [3.8, 4) is 0 Å². The Labute approximate surface area is 154 Å². The summed E-state index contributed by atoms with van der Waals surface area (Å²) in [5, 5.41) is 0. The molecule has 25 heavy (non-hydrogen) atoms. The Kier molecular flexibility index (Phi) is 9.04. The smallest absolute Gasteiger partial charge is 0.410 e. The fraction of sp³-hybridized carbons (Fsp3) is 0.950. The average Bonchev–Trinajstić information content (AvgIpc) is 2.62. The van der Waals surface area contributed by atoms with Crippen LogP contribution in [0.4, 0.5) is 4.79 Å². The predicted molar refractivity (Wildman–Crippen MR) is 103 cm³/mol. The first-order valence-electron chi connectivity index (χ1n) is 10.5. The van der Waals surface area contributed by atoms with E-state index >= 15 is 0 Å². The molecule has 1 heterocycles. The molecule has 2 aliphatic rings. The zero-order valence-electron chi connectivity index (χ0n) is 16.7. The van der Waals surface area contributed by atoms with Crippen LogP contribution >= 0.6 is 0 Å². The summed E-state index contributed by atoms with van der Waals surface area (Å²) in [5.74, 6) is 0. The number of ether oxygens (including phenoxy) is 1. The summed E-state index contributed by atoms with van der Waals surface area (Å²) >= 11 is 0. The highest BCUT2D eigenvalue weighted by Crippen LogP contribution is 2.23. The van der Waals surface area contributed by atoms with Gasteiger partial charge in [-0.15, -0.1) is 0 Å². The van der Waals surface area contributed by atoms with Crippen LogP contribution in [0.3, 0.4) is 0 Å². The lowest BCUT2D eigenvalue weighted by Gasteiger charge is -2.38. The lowest BCUT2D eigenvalue weighted by Crippen LogP contribution is -2.51. The van der Waals surface area contributed by atoms with Gasteiger partial charge in [0, 0.05) is 45.3 Å². The first-order valence-corrected chi connectivity index (χ1v) is 10.5. The number of piperazine rings is 1. The monoisotopic (exact) mass is 353 g/mol. The van der Waals surface area contributed by atoms with E-state index < -0.39 is 0 Å². The van der Waals surface area contributed by atoms with Gasteiger partial charge < -0.3 is 9.64 Å². The molecular formula is C20H39N3O2. The molecule has 0 aromatic rings. The van der Waals surface area contributed by atoms with Crippen molar-refractivity contribution in [1.82, 2.24) is 14.7 Å². The van der Waals surface area contributed by atoms with Crippen molar-refractivity contribution in [3.63, 3.8) is 0 Å². The summed E-state index contributed by atoms with van der Waals surface area (Å²) in [4.78, 5) is 19.1. The second-order valence-corrected chi connectivity index (χ2v) is 7.94. The van der Waals surface area contributed by atoms with Crippen molar-refractivity contribution < 1.29 is 9.53 Å². The minimum absolute atomic E-state index is 0.0341. The maximum absolute atomic E-state index is 12.0. The molecule has 1 aliphatic carbocycles. The van der Waals surface area contributed by atoms with Crippen molar-refractivity contribution in [2.24, 2.45) is 0 Å². The van der Waals surface area contributed by atoms with Crippen LogP contribution in [-0.2, 0) is 4.74 Å². The number of amides is 1. The maximum atomic E-state index is 12.0. The molecule has 1 saturated heterocycles. The Morgan fingerprint density at radius 3 is 2.36 bits per heavy atom. The molecule has 0 aromatic heterocycles. The zero-order valence-corrected chi connectivity index (χ0v) is 16.7. The number of carbonyl (C=O) groups excluding carboxylic acids is 1. The summed E-state index contributed by atoms with van der Waals surface area (Å²) in [5.41, 5.74) is 0. The Morgan fingerprint density at radius 2 is 1.76 bits per heavy atom. The average molecular weight is 354 g/mol. The molecule has 0 radical (unpaired) electrons. The molecule has 2 fully saturated rings. The first-order chi connectivity index (χ1) is 12.1. The Morgan fingerprint density at radius 1 is 1.08 bits per heavy atom. The number of carbonyl (C=O) groups is 1. The topological polar surface area (TPSA) is 36.0 Å². The van der Waals surface area contributed by atoms with Gasteiger partial charge in [-0.1, -0.05) is 32.6 Å². The molecule has 1 saturated carbocycles. The molecule has 0 atom stereocenters. The molecule has 2 rings (SSSR count). The first kappa shape index (κ1) is 20.5. The van der Waals surface area contributed by atoms with Gasteiger partial charge in [-0.2, -0.15) is 0 Å². The molecule has 146 valence electrons. The van der Waals surface area contributed by atoms with E-state index in [1.807, 2.05) is 18.7 Å². The molecule has 0 bridgehead atoms. The van der Waals surface area contributed by atoms with Crippen LogP contribution < -0.4 is 0 Å². The molecule has 0 N–H and O–H groups in total. The van der Waals surface area contributed by atoms with E-state index in [4.69, 9.17) is 4.74 Å². The van der Waals surface area contributed by atoms with Crippen molar-refractivity contribution in [2.45, 2.75) is 77.9 Å². The molecule has 5 nitrogen and oxygen atoms in total. The van der Waals surface area contributed by atoms with E-state index in [1.54, 1.807) is 0 Å². The van der Waals surface area contributed by atoms with E-state index in [-0.39, 0.29) is 12.2 Å². The third-order valence-corrected chi connectivity index (χ3v) is 5.56. The number of unbranched alkanes of at least 4 members (excludes halogenated alkanes) is 1. The molecule has 1 amide bonds. The Balaban J connectivity index is 1.72. The van der Waals surface area contributed by atoms with Gasteiger partial charge in [0.1, 0.15) is 0 Å². The Hall–Kier alpha value is -0.810. The molecule has 0 unspecified atom stereocenters. The van der Waals surface area contributed by atoms with Crippen LogP contribution in [0.2, 0.25) is 0 Å². The van der Waals surface area contributed by atoms with E-state index in [2.05, 4.69) is 16.7 Å². The fourth-order valence-electron chi connectivity index (χ4n) is 3.98. The highest BCUT2D eigenvalue weighted by Gasteiger charge is 2.25. The summed E-state index contributed by atoms with van der Waals surface area (Å²) in [6.45, 7) is 13.2. The second kappa shape index (κ2) is 11.0. The van der Waals surface area contributed by atoms with Gasteiger partial charge in [-0.3, -0.25) is 9.80 Å². The normalized spacial score (nSPS) is 20.4. The van der Waals surface area contributed by atoms with Crippen LogP contribution in [0.25, 0.3) is 0 Å². The summed E-state index contributed by atoms with van der Waals surface area (Å²) < 4.78 is 5.31. The largest absolute Gasteiger partial charge is 0.447 e. The third-order valence-electron chi connectivity index (χ3n) is 5.56. The second-order valence-electron chi connectivity index (χ2n) is 7.94. The third kappa shape index (κ3) is 7.14. The van der Waals surface area contributed by atoms with E-state index in [0.29, 0.717) is 0 Å². The molecule has 0 aromatic carbocycles. The van der Waals surface area contributed by atoms with Gasteiger partial charge in [-0.05, 0) is 39.7 Å². The minimum Gasteiger partial charge on any atom is -0.447 e. The van der Waals surface area contributed by atoms with Crippen LogP contribution in [0, 0.1) is 0 Å². The fourth-order valence-corrected chi connectivity index (χ4v) is 3.98. The van der Waals surface area contributed by atoms with Crippen LogP contribution in [0.1, 0.15) is 65.7 Å². The van der Waals surface area contributed by atoms with Crippen molar-refractivity contribution >= 4 is 6.09 Å². The SMILES string of the molecule is CCCCN(CCN1CCN(C(=O)OC(C)C)CC1)C1CCCCC1. The van der Waals surface area contributed by atoms with Gasteiger partial charge in [-0.25, -0.2) is 4.79 Å². The van der Waals surface area contributed by atoms with Crippen molar-refractivity contribution in [1.29, 1.82) is 0 Å². The summed E-state index contributed by atoms with van der Waals surface area (Å²) in [6, 6.07) is 0.808. The molecule has 0 spiro atoms. The van der Waals surface area contributed by atoms with Gasteiger partial charge >= 0.3 is 6.09 Å². The number of hydrogen-bond donors (Lipinski definition) is 0. The molecule has 5 heteroatoms. The molecule has 1 aliphatic heterocycles. The predicted octanol–water partition coefficient (Wildman–Crippen LogP) is 3.58. The lowest BCUT2D eigenvalue weighted by atomic mass is 9.94. The number of hydrogen-bond acceptors (Lipinski definition) is 4. The van der Waals surface area contributed by atoms with E-state index in [0.717, 1.165) is 38.8 Å². The van der Waals surface area contributed by atoms with Gasteiger partial charge in [0.05, 0.1) is 6.10 Å². The molecular weight excluding hydrogens is 314 g/mol. The standard InChI is InChI=1S/C20H39N3O2/c1-4-5-11-22(19-9-7-6-8-10-19)15-12-21-13-16-23(17-14-21)20(24)25-18(2)3/h18-19H,4-17H2,1-3H3. The Bertz CT molecular complexity index is 375. The summed E-state index contributed by atoms with van der Waals surface area (Å²) in [7, 11) is 0. The lowest BCUT2D eigenvalue weighted by molar-refractivity contribution is 0.0528. The van der Waals surface area contributed by atoms with Crippen LogP contribution in [-0.4, -0.2) is 78.8 Å². The minimum atomic E-state index is -0.151. The van der Waals surface area contributed by atoms with Gasteiger partial charge in [0.15, 0.2) is 0 Å². The highest BCUT2D eigenvalue weighted by molar-refractivity contribution is 5.67. The number of nitrogens with zero attached hydrogens (tertiary/aromatic N) is 3.